The molecule has 0 aromatic heterocycles. The number of halogens is 1. The average molecular weight is 390 g/mol. The van der Waals surface area contributed by atoms with Crippen molar-refractivity contribution in [3.05, 3.63) is 58.6 Å². The molecule has 1 heterocycles. The van der Waals surface area contributed by atoms with Crippen molar-refractivity contribution in [1.29, 1.82) is 0 Å². The van der Waals surface area contributed by atoms with Crippen LogP contribution >= 0.6 is 11.6 Å². The van der Waals surface area contributed by atoms with E-state index in [0.29, 0.717) is 29.5 Å². The van der Waals surface area contributed by atoms with Crippen LogP contribution in [-0.2, 0) is 4.79 Å². The van der Waals surface area contributed by atoms with Gasteiger partial charge in [-0.1, -0.05) is 41.9 Å². The molecule has 2 atom stereocenters. The minimum atomic E-state index is -0.754. The molecule has 27 heavy (non-hydrogen) atoms. The van der Waals surface area contributed by atoms with Crippen LogP contribution in [0.25, 0.3) is 0 Å². The maximum absolute atomic E-state index is 11.6. The molecule has 1 aliphatic rings. The van der Waals surface area contributed by atoms with E-state index in [9.17, 15) is 9.90 Å². The number of methoxy groups -OCH3 is 2. The number of piperidine rings is 1. The molecule has 1 N–H and O–H groups in total. The van der Waals surface area contributed by atoms with Gasteiger partial charge in [-0.15, -0.1) is 0 Å². The quantitative estimate of drug-likeness (QED) is 0.800. The molecule has 0 saturated carbocycles. The van der Waals surface area contributed by atoms with Crippen LogP contribution in [0.1, 0.15) is 30.0 Å². The Morgan fingerprint density at radius 2 is 1.89 bits per heavy atom. The molecule has 3 rings (SSSR count). The predicted octanol–water partition coefficient (Wildman–Crippen LogP) is 4.24. The van der Waals surface area contributed by atoms with E-state index in [2.05, 4.69) is 4.90 Å². The van der Waals surface area contributed by atoms with Crippen LogP contribution in [0.3, 0.4) is 0 Å². The molecule has 144 valence electrons. The summed E-state index contributed by atoms with van der Waals surface area (Å²) >= 11 is 6.54. The highest BCUT2D eigenvalue weighted by atomic mass is 35.5. The summed E-state index contributed by atoms with van der Waals surface area (Å²) < 4.78 is 11.1. The number of nitrogens with zero attached hydrogens (tertiary/aromatic N) is 1. The van der Waals surface area contributed by atoms with Crippen LogP contribution in [0.2, 0.25) is 5.02 Å². The second-order valence-corrected chi connectivity index (χ2v) is 7.09. The van der Waals surface area contributed by atoms with Gasteiger partial charge in [-0.25, -0.2) is 0 Å². The fourth-order valence-corrected chi connectivity index (χ4v) is 4.07. The zero-order chi connectivity index (χ0) is 19.4. The van der Waals surface area contributed by atoms with E-state index in [4.69, 9.17) is 21.1 Å². The van der Waals surface area contributed by atoms with Crippen molar-refractivity contribution in [2.45, 2.75) is 18.9 Å². The number of carboxylic acids is 1. The van der Waals surface area contributed by atoms with E-state index in [1.54, 1.807) is 14.2 Å². The van der Waals surface area contributed by atoms with E-state index in [0.717, 1.165) is 24.1 Å². The zero-order valence-corrected chi connectivity index (χ0v) is 16.3. The number of para-hydroxylation sites is 1. The van der Waals surface area contributed by atoms with Crippen LogP contribution in [0.5, 0.6) is 11.5 Å². The number of aliphatic carboxylic acids is 1. The van der Waals surface area contributed by atoms with Gasteiger partial charge in [0, 0.05) is 17.1 Å². The first-order chi connectivity index (χ1) is 13.1. The van der Waals surface area contributed by atoms with E-state index in [1.807, 2.05) is 42.5 Å². The minimum Gasteiger partial charge on any atom is -0.493 e. The molecular weight excluding hydrogens is 366 g/mol. The summed E-state index contributed by atoms with van der Waals surface area (Å²) in [7, 11) is 3.22. The summed E-state index contributed by atoms with van der Waals surface area (Å²) in [5, 5.41) is 10.2. The first kappa shape index (κ1) is 19.5. The van der Waals surface area contributed by atoms with Crippen LogP contribution < -0.4 is 9.47 Å². The Hall–Kier alpha value is -2.24. The Morgan fingerprint density at radius 1 is 1.15 bits per heavy atom. The van der Waals surface area contributed by atoms with Gasteiger partial charge in [0.2, 0.25) is 0 Å². The topological polar surface area (TPSA) is 59.0 Å². The summed E-state index contributed by atoms with van der Waals surface area (Å²) in [4.78, 5) is 13.8. The molecular formula is C21H24ClNO4. The Balaban J connectivity index is 2.12. The summed E-state index contributed by atoms with van der Waals surface area (Å²) in [5.41, 5.74) is 1.84. The van der Waals surface area contributed by atoms with Crippen LogP contribution in [0.15, 0.2) is 42.5 Å². The maximum Gasteiger partial charge on any atom is 0.307 e. The van der Waals surface area contributed by atoms with Gasteiger partial charge in [-0.2, -0.15) is 0 Å². The molecule has 2 aromatic rings. The highest BCUT2D eigenvalue weighted by Gasteiger charge is 2.34. The molecule has 1 fully saturated rings. The smallest absolute Gasteiger partial charge is 0.307 e. The monoisotopic (exact) mass is 389 g/mol. The fourth-order valence-electron chi connectivity index (χ4n) is 3.83. The summed E-state index contributed by atoms with van der Waals surface area (Å²) in [5.74, 6) is 0.136. The van der Waals surface area contributed by atoms with Crippen molar-refractivity contribution in [3.8, 4) is 11.5 Å². The Bertz CT molecular complexity index is 811. The third kappa shape index (κ3) is 4.04. The molecule has 6 heteroatoms. The van der Waals surface area contributed by atoms with E-state index in [1.165, 1.54) is 0 Å². The average Bonchev–Trinajstić information content (AvgIpc) is 2.69. The lowest BCUT2D eigenvalue weighted by atomic mass is 9.91. The molecule has 2 aromatic carbocycles. The lowest BCUT2D eigenvalue weighted by Gasteiger charge is -2.38. The second-order valence-electron chi connectivity index (χ2n) is 6.68. The maximum atomic E-state index is 11.6. The van der Waals surface area contributed by atoms with Crippen LogP contribution in [-0.4, -0.2) is 43.3 Å². The molecule has 0 bridgehead atoms. The third-order valence-corrected chi connectivity index (χ3v) is 5.44. The number of carbonyl (C=O) groups is 1. The summed E-state index contributed by atoms with van der Waals surface area (Å²) in [6, 6.07) is 13.2. The van der Waals surface area contributed by atoms with Crippen LogP contribution in [0.4, 0.5) is 0 Å². The van der Waals surface area contributed by atoms with E-state index in [-0.39, 0.29) is 12.0 Å². The molecule has 0 radical (unpaired) electrons. The molecule has 1 saturated heterocycles. The second kappa shape index (κ2) is 8.63. The normalized spacial score (nSPS) is 18.7. The number of rotatable bonds is 6. The van der Waals surface area contributed by atoms with Gasteiger partial charge in [0.1, 0.15) is 0 Å². The Labute approximate surface area is 164 Å². The van der Waals surface area contributed by atoms with Crippen molar-refractivity contribution in [3.63, 3.8) is 0 Å². The van der Waals surface area contributed by atoms with Crippen molar-refractivity contribution < 1.29 is 19.4 Å². The zero-order valence-electron chi connectivity index (χ0n) is 15.5. The van der Waals surface area contributed by atoms with Crippen molar-refractivity contribution in [2.24, 2.45) is 5.92 Å². The van der Waals surface area contributed by atoms with Gasteiger partial charge in [0.25, 0.3) is 0 Å². The molecule has 2 unspecified atom stereocenters. The first-order valence-corrected chi connectivity index (χ1v) is 9.36. The number of carboxylic acid groups (broad SMARTS) is 1. The number of hydrogen-bond donors (Lipinski definition) is 1. The molecule has 0 amide bonds. The number of likely N-dealkylation sites (tertiary alicyclic amines) is 1. The lowest BCUT2D eigenvalue weighted by molar-refractivity contribution is -0.143. The van der Waals surface area contributed by atoms with Crippen molar-refractivity contribution >= 4 is 17.6 Å². The van der Waals surface area contributed by atoms with Gasteiger partial charge < -0.3 is 14.6 Å². The SMILES string of the molecule is COc1cccc(C(c2ccccc2Cl)N2CCCC(C(=O)O)C2)c1OC. The van der Waals surface area contributed by atoms with Gasteiger partial charge in [-0.3, -0.25) is 9.69 Å². The summed E-state index contributed by atoms with van der Waals surface area (Å²) in [6.45, 7) is 1.26. The minimum absolute atomic E-state index is 0.217. The molecule has 0 aliphatic carbocycles. The molecule has 1 aliphatic heterocycles. The predicted molar refractivity (Wildman–Crippen MR) is 105 cm³/mol. The lowest BCUT2D eigenvalue weighted by Crippen LogP contribution is -2.41. The Kier molecular flexibility index (Phi) is 6.24. The summed E-state index contributed by atoms with van der Waals surface area (Å²) in [6.07, 6.45) is 1.51. The number of benzene rings is 2. The fraction of sp³-hybridized carbons (Fsp3) is 0.381. The standard InChI is InChI=1S/C21H24ClNO4/c1-26-18-11-5-9-16(20(18)27-2)19(15-8-3-4-10-17(15)22)23-12-6-7-14(13-23)21(24)25/h3-5,8-11,14,19H,6-7,12-13H2,1-2H3,(H,24,25). The highest BCUT2D eigenvalue weighted by molar-refractivity contribution is 6.31. The third-order valence-electron chi connectivity index (χ3n) is 5.09. The van der Waals surface area contributed by atoms with Gasteiger partial charge >= 0.3 is 5.97 Å². The molecule has 5 nitrogen and oxygen atoms in total. The van der Waals surface area contributed by atoms with Crippen molar-refractivity contribution in [1.82, 2.24) is 4.90 Å². The van der Waals surface area contributed by atoms with E-state index >= 15 is 0 Å². The number of hydrogen-bond acceptors (Lipinski definition) is 4. The number of ether oxygens (including phenoxy) is 2. The first-order valence-electron chi connectivity index (χ1n) is 8.99. The Morgan fingerprint density at radius 3 is 2.56 bits per heavy atom. The highest BCUT2D eigenvalue weighted by Crippen LogP contribution is 2.43. The van der Waals surface area contributed by atoms with Crippen LogP contribution in [0, 0.1) is 5.92 Å². The molecule has 0 spiro atoms. The van der Waals surface area contributed by atoms with E-state index < -0.39 is 5.97 Å². The van der Waals surface area contributed by atoms with Gasteiger partial charge in [-0.05, 0) is 37.1 Å². The van der Waals surface area contributed by atoms with Gasteiger partial charge in [0.15, 0.2) is 11.5 Å². The largest absolute Gasteiger partial charge is 0.493 e. The van der Waals surface area contributed by atoms with Crippen molar-refractivity contribution in [2.75, 3.05) is 27.3 Å². The van der Waals surface area contributed by atoms with Gasteiger partial charge in [0.05, 0.1) is 26.2 Å².